The summed E-state index contributed by atoms with van der Waals surface area (Å²) >= 11 is 2.32. The van der Waals surface area contributed by atoms with Gasteiger partial charge in [-0.2, -0.15) is 10.0 Å². The molecule has 1 nitrogen and oxygen atoms in total. The average Bonchev–Trinajstić information content (AvgIpc) is 2.36. The molecule has 0 aliphatic carbocycles. The molecule has 2 aromatic rings. The van der Waals surface area contributed by atoms with E-state index >= 15 is 0 Å². The fourth-order valence-electron chi connectivity index (χ4n) is 2.61. The second kappa shape index (κ2) is 4.35. The Bertz CT molecular complexity index is 646. The fraction of sp³-hybridized carbons (Fsp3) is 0.188. The van der Waals surface area contributed by atoms with Crippen molar-refractivity contribution in [1.29, 1.82) is 0 Å². The molecule has 3 heteroatoms. The molecule has 0 saturated heterocycles. The first-order valence-electron chi connectivity index (χ1n) is 6.09. The molecule has 0 amide bonds. The van der Waals surface area contributed by atoms with Crippen molar-refractivity contribution in [3.63, 3.8) is 0 Å². The van der Waals surface area contributed by atoms with E-state index in [4.69, 9.17) is 0 Å². The van der Waals surface area contributed by atoms with Crippen molar-refractivity contribution in [1.82, 2.24) is 0 Å². The second-order valence-corrected chi connectivity index (χ2v) is 10.1. The number of carbonyl (C=O) groups excluding carboxylic acids is 1. The van der Waals surface area contributed by atoms with Crippen LogP contribution in [0.4, 0.5) is 0 Å². The van der Waals surface area contributed by atoms with Crippen molar-refractivity contribution >= 4 is 38.4 Å². The van der Waals surface area contributed by atoms with Crippen molar-refractivity contribution in [3.8, 4) is 0 Å². The van der Waals surface area contributed by atoms with Crippen LogP contribution in [0.3, 0.4) is 0 Å². The number of benzene rings is 2. The number of carbonyl (C=O) groups is 1. The topological polar surface area (TPSA) is 17.1 Å². The molecule has 0 aromatic heterocycles. The molecular weight excluding hydrogens is 367 g/mol. The molecule has 0 saturated carbocycles. The minimum atomic E-state index is -1.10. The Morgan fingerprint density at radius 2 is 1.53 bits per heavy atom. The van der Waals surface area contributed by atoms with Crippen molar-refractivity contribution in [2.75, 3.05) is 12.5 Å². The maximum atomic E-state index is 12.6. The number of halogens is 1. The van der Waals surface area contributed by atoms with E-state index in [9.17, 15) is 4.79 Å². The molecule has 2 aromatic carbocycles. The Labute approximate surface area is 128 Å². The maximum absolute atomic E-state index is 12.6. The van der Waals surface area contributed by atoms with Gasteiger partial charge in [-0.3, -0.25) is 4.79 Å². The summed E-state index contributed by atoms with van der Waals surface area (Å²) in [6, 6.07) is 12.4. The second-order valence-electron chi connectivity index (χ2n) is 5.30. The van der Waals surface area contributed by atoms with E-state index in [1.165, 1.54) is 18.9 Å². The summed E-state index contributed by atoms with van der Waals surface area (Å²) in [5.41, 5.74) is 3.00. The van der Waals surface area contributed by atoms with E-state index in [-0.39, 0.29) is 5.78 Å². The van der Waals surface area contributed by atoms with E-state index in [1.54, 1.807) is 0 Å². The third-order valence-electron chi connectivity index (χ3n) is 3.67. The van der Waals surface area contributed by atoms with Gasteiger partial charge in [0.2, 0.25) is 0 Å². The van der Waals surface area contributed by atoms with Gasteiger partial charge in [-0.1, -0.05) is 11.6 Å². The van der Waals surface area contributed by atoms with Crippen molar-refractivity contribution in [3.05, 3.63) is 56.7 Å². The van der Waals surface area contributed by atoms with Gasteiger partial charge in [-0.15, -0.1) is 0 Å². The Kier molecular flexibility index (Phi) is 3.02. The highest BCUT2D eigenvalue weighted by atomic mass is 127. The Morgan fingerprint density at radius 1 is 0.947 bits per heavy atom. The standard InChI is InChI=1S/C16H15IOS/c1-10-4-6-12-14(8-10)19(2,3)15-9-11(17)5-7-13(15)16(12)18/h4-9H,1-3H3. The lowest BCUT2D eigenvalue weighted by atomic mass is 10.0. The van der Waals surface area contributed by atoms with Gasteiger partial charge in [0.05, 0.1) is 0 Å². The lowest BCUT2D eigenvalue weighted by molar-refractivity contribution is 0.103. The highest BCUT2D eigenvalue weighted by molar-refractivity contribution is 14.1. The van der Waals surface area contributed by atoms with Gasteiger partial charge in [0.15, 0.2) is 5.78 Å². The van der Waals surface area contributed by atoms with Crippen molar-refractivity contribution < 1.29 is 4.79 Å². The Hall–Kier alpha value is -0.810. The third-order valence-corrected chi connectivity index (χ3v) is 7.22. The van der Waals surface area contributed by atoms with Crippen LogP contribution in [0.25, 0.3) is 0 Å². The summed E-state index contributed by atoms with van der Waals surface area (Å²) in [5.74, 6) is 0.174. The predicted octanol–water partition coefficient (Wildman–Crippen LogP) is 4.63. The monoisotopic (exact) mass is 382 g/mol. The first-order chi connectivity index (χ1) is 8.91. The number of fused-ring (bicyclic) bond motifs is 2. The zero-order chi connectivity index (χ0) is 13.8. The minimum Gasteiger partial charge on any atom is -0.289 e. The van der Waals surface area contributed by atoms with Crippen LogP contribution >= 0.6 is 32.6 Å². The minimum absolute atomic E-state index is 0.174. The average molecular weight is 382 g/mol. The lowest BCUT2D eigenvalue weighted by Crippen LogP contribution is -2.17. The van der Waals surface area contributed by atoms with Gasteiger partial charge >= 0.3 is 0 Å². The number of hydrogen-bond donors (Lipinski definition) is 0. The molecule has 1 aliphatic heterocycles. The van der Waals surface area contributed by atoms with Crippen LogP contribution < -0.4 is 0 Å². The highest BCUT2D eigenvalue weighted by Gasteiger charge is 2.33. The number of hydrogen-bond acceptors (Lipinski definition) is 1. The molecule has 0 N–H and O–H groups in total. The summed E-state index contributed by atoms with van der Waals surface area (Å²) in [6.07, 6.45) is 4.57. The normalized spacial score (nSPS) is 17.6. The number of ketones is 1. The number of rotatable bonds is 0. The van der Waals surface area contributed by atoms with E-state index in [0.29, 0.717) is 0 Å². The quantitative estimate of drug-likeness (QED) is 0.608. The van der Waals surface area contributed by atoms with Gasteiger partial charge < -0.3 is 0 Å². The van der Waals surface area contributed by atoms with Crippen LogP contribution in [-0.2, 0) is 0 Å². The van der Waals surface area contributed by atoms with Crippen LogP contribution in [0.2, 0.25) is 0 Å². The maximum Gasteiger partial charge on any atom is 0.195 e. The molecule has 0 radical (unpaired) electrons. The molecule has 1 heterocycles. The van der Waals surface area contributed by atoms with Crippen molar-refractivity contribution in [2.45, 2.75) is 16.7 Å². The predicted molar refractivity (Wildman–Crippen MR) is 89.7 cm³/mol. The first kappa shape index (κ1) is 13.2. The molecule has 19 heavy (non-hydrogen) atoms. The first-order valence-corrected chi connectivity index (χ1v) is 9.62. The van der Waals surface area contributed by atoms with Crippen LogP contribution in [0, 0.1) is 10.5 Å². The summed E-state index contributed by atoms with van der Waals surface area (Å²) in [4.78, 5) is 15.1. The van der Waals surface area contributed by atoms with E-state index in [1.807, 2.05) is 24.3 Å². The summed E-state index contributed by atoms with van der Waals surface area (Å²) < 4.78 is 1.20. The van der Waals surface area contributed by atoms with Crippen LogP contribution in [0.5, 0.6) is 0 Å². The molecule has 0 atom stereocenters. The molecule has 0 bridgehead atoms. The van der Waals surface area contributed by atoms with E-state index in [2.05, 4.69) is 54.2 Å². The summed E-state index contributed by atoms with van der Waals surface area (Å²) in [6.45, 7) is 2.09. The highest BCUT2D eigenvalue weighted by Crippen LogP contribution is 2.62. The molecule has 0 fully saturated rings. The SMILES string of the molecule is Cc1ccc2c(c1)S(C)(C)c1cc(I)ccc1C2=O. The van der Waals surface area contributed by atoms with Crippen LogP contribution in [-0.4, -0.2) is 18.3 Å². The molecular formula is C16H15IOS. The van der Waals surface area contributed by atoms with Crippen LogP contribution in [0.15, 0.2) is 46.2 Å². The molecule has 0 unspecified atom stereocenters. The van der Waals surface area contributed by atoms with Gasteiger partial charge in [0.25, 0.3) is 0 Å². The third kappa shape index (κ3) is 1.94. The van der Waals surface area contributed by atoms with E-state index < -0.39 is 10.0 Å². The fourth-order valence-corrected chi connectivity index (χ4v) is 5.87. The zero-order valence-corrected chi connectivity index (χ0v) is 14.1. The lowest BCUT2D eigenvalue weighted by Gasteiger charge is -2.39. The van der Waals surface area contributed by atoms with Crippen molar-refractivity contribution in [2.24, 2.45) is 0 Å². The van der Waals surface area contributed by atoms with Crippen LogP contribution in [0.1, 0.15) is 21.5 Å². The summed E-state index contributed by atoms with van der Waals surface area (Å²) in [5, 5.41) is 0. The molecule has 3 rings (SSSR count). The van der Waals surface area contributed by atoms with Gasteiger partial charge in [-0.25, -0.2) is 0 Å². The van der Waals surface area contributed by atoms with Gasteiger partial charge in [0, 0.05) is 24.5 Å². The van der Waals surface area contributed by atoms with Gasteiger partial charge in [-0.05, 0) is 72.4 Å². The summed E-state index contributed by atoms with van der Waals surface area (Å²) in [7, 11) is -1.10. The Balaban J connectivity index is 2.36. The molecule has 1 aliphatic rings. The van der Waals surface area contributed by atoms with E-state index in [0.717, 1.165) is 11.1 Å². The molecule has 0 spiro atoms. The molecule has 98 valence electrons. The zero-order valence-electron chi connectivity index (χ0n) is 11.2. The number of aryl methyl sites for hydroxylation is 1. The smallest absolute Gasteiger partial charge is 0.195 e. The largest absolute Gasteiger partial charge is 0.289 e. The van der Waals surface area contributed by atoms with Gasteiger partial charge in [0.1, 0.15) is 0 Å². The Morgan fingerprint density at radius 3 is 2.21 bits per heavy atom.